The smallest absolute Gasteiger partial charge is 0.165 e. The van der Waals surface area contributed by atoms with Crippen LogP contribution in [0.25, 0.3) is 0 Å². The molecule has 0 fully saturated rings. The van der Waals surface area contributed by atoms with E-state index in [4.69, 9.17) is 0 Å². The summed E-state index contributed by atoms with van der Waals surface area (Å²) in [5.74, 6) is 0. The molecule has 0 aromatic carbocycles. The second-order valence-corrected chi connectivity index (χ2v) is 1.05. The van der Waals surface area contributed by atoms with Gasteiger partial charge in [0.25, 0.3) is 0 Å². The lowest BCUT2D eigenvalue weighted by atomic mass is 11.3. The minimum absolute atomic E-state index is 0.789. The summed E-state index contributed by atoms with van der Waals surface area (Å²) in [6, 6.07) is 0. The van der Waals surface area contributed by atoms with Crippen LogP contribution in [-0.4, -0.2) is 20.2 Å². The van der Waals surface area contributed by atoms with Gasteiger partial charge in [0.15, 0.2) is 0 Å². The Morgan fingerprint density at radius 1 is 1.71 bits per heavy atom. The van der Waals surface area contributed by atoms with E-state index in [0.29, 0.717) is 0 Å². The molecule has 0 spiro atoms. The third-order valence-corrected chi connectivity index (χ3v) is 0.484. The normalized spacial score (nSPS) is 9.43. The highest BCUT2D eigenvalue weighted by Gasteiger charge is 1.90. The topological polar surface area (TPSA) is 43.6 Å². The van der Waals surface area contributed by atoms with Crippen LogP contribution < -0.4 is 0 Å². The standard InChI is InChI=1S/C2H3FN4/c1-7-5-2(3)4-6-7/h1H3. The number of tetrazole rings is 1. The van der Waals surface area contributed by atoms with Gasteiger partial charge in [-0.25, -0.2) is 0 Å². The average Bonchev–Trinajstić information content (AvgIpc) is 1.87. The van der Waals surface area contributed by atoms with Gasteiger partial charge in [-0.3, -0.25) is 0 Å². The van der Waals surface area contributed by atoms with Gasteiger partial charge >= 0.3 is 6.08 Å². The summed E-state index contributed by atoms with van der Waals surface area (Å²) < 4.78 is 11.6. The van der Waals surface area contributed by atoms with Gasteiger partial charge in [-0.15, -0.1) is 5.10 Å². The number of hydrogen-bond acceptors (Lipinski definition) is 3. The third-order valence-electron chi connectivity index (χ3n) is 0.484. The molecule has 0 radical (unpaired) electrons. The van der Waals surface area contributed by atoms with Gasteiger partial charge in [0.2, 0.25) is 0 Å². The van der Waals surface area contributed by atoms with Crippen LogP contribution >= 0.6 is 0 Å². The molecule has 0 N–H and O–H groups in total. The monoisotopic (exact) mass is 102 g/mol. The summed E-state index contributed by atoms with van der Waals surface area (Å²) in [6.45, 7) is 0. The zero-order valence-corrected chi connectivity index (χ0v) is 3.67. The largest absolute Gasteiger partial charge is 0.347 e. The van der Waals surface area contributed by atoms with E-state index in [-0.39, 0.29) is 0 Å². The molecular formula is C2H3FN4. The molecule has 0 saturated carbocycles. The van der Waals surface area contributed by atoms with Crippen LogP contribution in [0, 0.1) is 6.08 Å². The van der Waals surface area contributed by atoms with Crippen molar-refractivity contribution < 1.29 is 4.39 Å². The van der Waals surface area contributed by atoms with Crippen molar-refractivity contribution in [1.82, 2.24) is 20.2 Å². The molecule has 0 bridgehead atoms. The SMILES string of the molecule is Cn1nnc(F)n1. The molecule has 7 heavy (non-hydrogen) atoms. The van der Waals surface area contributed by atoms with Gasteiger partial charge in [-0.1, -0.05) is 5.10 Å². The van der Waals surface area contributed by atoms with Crippen molar-refractivity contribution in [2.24, 2.45) is 7.05 Å². The Bertz CT molecular complexity index is 142. The summed E-state index contributed by atoms with van der Waals surface area (Å²) >= 11 is 0. The van der Waals surface area contributed by atoms with Crippen LogP contribution in [0.3, 0.4) is 0 Å². The molecule has 1 rings (SSSR count). The summed E-state index contributed by atoms with van der Waals surface area (Å²) in [5, 5.41) is 9.29. The highest BCUT2D eigenvalue weighted by Crippen LogP contribution is 1.74. The van der Waals surface area contributed by atoms with E-state index in [1.54, 1.807) is 0 Å². The van der Waals surface area contributed by atoms with Crippen molar-refractivity contribution in [3.8, 4) is 0 Å². The first-order valence-corrected chi connectivity index (χ1v) is 1.68. The highest BCUT2D eigenvalue weighted by molar-refractivity contribution is 4.40. The van der Waals surface area contributed by atoms with Gasteiger partial charge in [-0.2, -0.15) is 9.19 Å². The predicted molar refractivity (Wildman–Crippen MR) is 18.8 cm³/mol. The van der Waals surface area contributed by atoms with E-state index < -0.39 is 6.08 Å². The average molecular weight is 102 g/mol. The molecule has 1 aromatic rings. The van der Waals surface area contributed by atoms with E-state index in [1.807, 2.05) is 0 Å². The van der Waals surface area contributed by atoms with Gasteiger partial charge in [0, 0.05) is 0 Å². The van der Waals surface area contributed by atoms with Crippen LogP contribution in [0.5, 0.6) is 0 Å². The molecular weight excluding hydrogens is 99.0 g/mol. The lowest BCUT2D eigenvalue weighted by Crippen LogP contribution is -1.91. The number of aryl methyl sites for hydroxylation is 1. The number of rotatable bonds is 0. The van der Waals surface area contributed by atoms with Crippen molar-refractivity contribution >= 4 is 0 Å². The van der Waals surface area contributed by atoms with Crippen LogP contribution in [0.15, 0.2) is 0 Å². The Balaban J connectivity index is 3.04. The maximum Gasteiger partial charge on any atom is 0.347 e. The quantitative estimate of drug-likeness (QED) is 0.437. The molecule has 1 aromatic heterocycles. The fraction of sp³-hybridized carbons (Fsp3) is 0.500. The second kappa shape index (κ2) is 1.25. The fourth-order valence-corrected chi connectivity index (χ4v) is 0.261. The van der Waals surface area contributed by atoms with E-state index in [0.717, 1.165) is 4.80 Å². The van der Waals surface area contributed by atoms with Gasteiger partial charge in [-0.05, 0) is 5.21 Å². The molecule has 0 unspecified atom stereocenters. The Hall–Kier alpha value is -1.00. The van der Waals surface area contributed by atoms with Crippen molar-refractivity contribution in [2.45, 2.75) is 0 Å². The molecule has 5 heteroatoms. The second-order valence-electron chi connectivity index (χ2n) is 1.05. The molecule has 0 aliphatic rings. The van der Waals surface area contributed by atoms with Crippen LogP contribution in [-0.2, 0) is 7.05 Å². The summed E-state index contributed by atoms with van der Waals surface area (Å²) in [6.07, 6.45) is -0.789. The number of aromatic nitrogens is 4. The molecule has 4 nitrogen and oxygen atoms in total. The summed E-state index contributed by atoms with van der Waals surface area (Å²) in [7, 11) is 1.50. The van der Waals surface area contributed by atoms with Crippen LogP contribution in [0.4, 0.5) is 4.39 Å². The first-order chi connectivity index (χ1) is 3.29. The molecule has 0 aliphatic carbocycles. The fourth-order valence-electron chi connectivity index (χ4n) is 0.261. The Morgan fingerprint density at radius 3 is 2.57 bits per heavy atom. The maximum absolute atomic E-state index is 11.6. The molecule has 0 aliphatic heterocycles. The van der Waals surface area contributed by atoms with E-state index in [1.165, 1.54) is 7.05 Å². The highest BCUT2D eigenvalue weighted by atomic mass is 19.1. The number of hydrogen-bond donors (Lipinski definition) is 0. The van der Waals surface area contributed by atoms with Gasteiger partial charge in [0.1, 0.15) is 0 Å². The predicted octanol–water partition coefficient (Wildman–Crippen LogP) is -0.651. The van der Waals surface area contributed by atoms with Crippen LogP contribution in [0.1, 0.15) is 0 Å². The molecule has 0 saturated heterocycles. The molecule has 1 heterocycles. The summed E-state index contributed by atoms with van der Waals surface area (Å²) in [5.41, 5.74) is 0. The van der Waals surface area contributed by atoms with Crippen molar-refractivity contribution in [3.63, 3.8) is 0 Å². The minimum Gasteiger partial charge on any atom is -0.165 e. The third kappa shape index (κ3) is 0.703. The Labute approximate surface area is 38.9 Å². The Kier molecular flexibility index (Phi) is 0.744. The lowest BCUT2D eigenvalue weighted by Gasteiger charge is -1.72. The number of nitrogens with zero attached hydrogens (tertiary/aromatic N) is 4. The maximum atomic E-state index is 11.6. The van der Waals surface area contributed by atoms with Crippen molar-refractivity contribution in [3.05, 3.63) is 6.08 Å². The molecule has 38 valence electrons. The van der Waals surface area contributed by atoms with E-state index in [2.05, 4.69) is 15.4 Å². The van der Waals surface area contributed by atoms with Crippen molar-refractivity contribution in [2.75, 3.05) is 0 Å². The summed E-state index contributed by atoms with van der Waals surface area (Å²) in [4.78, 5) is 1.05. The minimum atomic E-state index is -0.789. The number of halogens is 1. The zero-order valence-electron chi connectivity index (χ0n) is 3.67. The molecule has 0 atom stereocenters. The van der Waals surface area contributed by atoms with E-state index >= 15 is 0 Å². The zero-order chi connectivity index (χ0) is 5.28. The van der Waals surface area contributed by atoms with Gasteiger partial charge in [0.05, 0.1) is 7.05 Å². The van der Waals surface area contributed by atoms with E-state index in [9.17, 15) is 4.39 Å². The first-order valence-electron chi connectivity index (χ1n) is 1.68. The van der Waals surface area contributed by atoms with Crippen molar-refractivity contribution in [1.29, 1.82) is 0 Å². The lowest BCUT2D eigenvalue weighted by molar-refractivity contribution is 0.527. The Morgan fingerprint density at radius 2 is 2.43 bits per heavy atom. The molecule has 0 amide bonds. The van der Waals surface area contributed by atoms with Crippen LogP contribution in [0.2, 0.25) is 0 Å². The first kappa shape index (κ1) is 4.17. The van der Waals surface area contributed by atoms with Gasteiger partial charge < -0.3 is 0 Å².